The smallest absolute Gasteiger partial charge is 0.296 e. The highest BCUT2D eigenvalue weighted by atomic mass is 16.2. The fourth-order valence-electron chi connectivity index (χ4n) is 1.16. The first-order valence-electron chi connectivity index (χ1n) is 4.63. The van der Waals surface area contributed by atoms with Crippen LogP contribution >= 0.6 is 0 Å². The number of nitrogens with one attached hydrogen (secondary N) is 1. The van der Waals surface area contributed by atoms with Crippen LogP contribution in [0.15, 0.2) is 12.7 Å². The molecule has 0 saturated heterocycles. The van der Waals surface area contributed by atoms with Crippen LogP contribution in [0.25, 0.3) is 0 Å². The van der Waals surface area contributed by atoms with Crippen molar-refractivity contribution in [3.63, 3.8) is 0 Å². The average Bonchev–Trinajstić information content (AvgIpc) is 2.63. The lowest BCUT2D eigenvalue weighted by molar-refractivity contribution is 0.0604. The average molecular weight is 209 g/mol. The molecule has 0 atom stereocenters. The van der Waals surface area contributed by atoms with Crippen molar-refractivity contribution in [3.8, 4) is 0 Å². The number of hydrogen-bond acceptors (Lipinski definition) is 4. The van der Waals surface area contributed by atoms with E-state index in [0.29, 0.717) is 6.54 Å². The van der Waals surface area contributed by atoms with Crippen LogP contribution in [0.5, 0.6) is 0 Å². The second-order valence-electron chi connectivity index (χ2n) is 4.11. The van der Waals surface area contributed by atoms with Crippen molar-refractivity contribution in [2.24, 2.45) is 0 Å². The van der Waals surface area contributed by atoms with E-state index in [-0.39, 0.29) is 17.3 Å². The minimum absolute atomic E-state index is 0.0757. The van der Waals surface area contributed by atoms with E-state index < -0.39 is 0 Å². The van der Waals surface area contributed by atoms with Gasteiger partial charge in [0.25, 0.3) is 11.7 Å². The second-order valence-corrected chi connectivity index (χ2v) is 4.11. The van der Waals surface area contributed by atoms with E-state index in [1.807, 2.05) is 20.8 Å². The molecule has 15 heavy (non-hydrogen) atoms. The van der Waals surface area contributed by atoms with Gasteiger partial charge in [-0.25, -0.2) is 0 Å². The molecule has 0 aliphatic heterocycles. The van der Waals surface area contributed by atoms with E-state index in [1.165, 1.54) is 0 Å². The van der Waals surface area contributed by atoms with Crippen molar-refractivity contribution in [3.05, 3.63) is 18.5 Å². The van der Waals surface area contributed by atoms with Crippen molar-refractivity contribution < 1.29 is 4.79 Å². The summed E-state index contributed by atoms with van der Waals surface area (Å²) in [5.41, 5.74) is -0.300. The van der Waals surface area contributed by atoms with Gasteiger partial charge in [-0.05, 0) is 26.0 Å². The van der Waals surface area contributed by atoms with Crippen molar-refractivity contribution in [2.75, 3.05) is 6.54 Å². The van der Waals surface area contributed by atoms with Gasteiger partial charge in [-0.3, -0.25) is 4.79 Å². The van der Waals surface area contributed by atoms with E-state index in [2.05, 4.69) is 27.2 Å². The zero-order chi connectivity index (χ0) is 11.5. The molecule has 0 radical (unpaired) electrons. The molecular formula is C9H15N5O. The van der Waals surface area contributed by atoms with Gasteiger partial charge in [-0.2, -0.15) is 5.21 Å². The van der Waals surface area contributed by atoms with Crippen LogP contribution in [-0.4, -0.2) is 43.5 Å². The summed E-state index contributed by atoms with van der Waals surface area (Å²) in [6.45, 7) is 9.89. The number of tetrazole rings is 1. The Hall–Kier alpha value is -1.72. The van der Waals surface area contributed by atoms with Gasteiger partial charge in [-0.15, -0.1) is 16.8 Å². The first-order valence-corrected chi connectivity index (χ1v) is 4.63. The largest absolute Gasteiger partial charge is 0.327 e. The number of aromatic nitrogens is 4. The maximum absolute atomic E-state index is 11.9. The number of amides is 1. The maximum Gasteiger partial charge on any atom is 0.296 e. The predicted molar refractivity (Wildman–Crippen MR) is 55.2 cm³/mol. The lowest BCUT2D eigenvalue weighted by atomic mass is 10.1. The summed E-state index contributed by atoms with van der Waals surface area (Å²) >= 11 is 0. The first kappa shape index (κ1) is 11.4. The van der Waals surface area contributed by atoms with E-state index in [4.69, 9.17) is 0 Å². The van der Waals surface area contributed by atoms with Gasteiger partial charge in [0.2, 0.25) is 0 Å². The highest BCUT2D eigenvalue weighted by molar-refractivity contribution is 5.90. The third-order valence-corrected chi connectivity index (χ3v) is 1.90. The summed E-state index contributed by atoms with van der Waals surface area (Å²) in [5, 5.41) is 12.9. The van der Waals surface area contributed by atoms with Crippen molar-refractivity contribution in [2.45, 2.75) is 26.3 Å². The molecule has 0 fully saturated rings. The SMILES string of the molecule is C=CCN(C(=O)c1nn[nH]n1)C(C)(C)C. The van der Waals surface area contributed by atoms with E-state index in [0.717, 1.165) is 0 Å². The predicted octanol–water partition coefficient (Wildman–Crippen LogP) is 0.626. The normalized spacial score (nSPS) is 11.1. The Morgan fingerprint density at radius 2 is 2.27 bits per heavy atom. The number of rotatable bonds is 3. The highest BCUT2D eigenvalue weighted by Crippen LogP contribution is 2.15. The lowest BCUT2D eigenvalue weighted by Gasteiger charge is -2.33. The van der Waals surface area contributed by atoms with Gasteiger partial charge in [0.15, 0.2) is 0 Å². The number of carbonyl (C=O) groups excluding carboxylic acids is 1. The summed E-state index contributed by atoms with van der Waals surface area (Å²) in [5.74, 6) is -0.178. The van der Waals surface area contributed by atoms with E-state index >= 15 is 0 Å². The molecule has 1 amide bonds. The zero-order valence-electron chi connectivity index (χ0n) is 9.19. The molecule has 1 rings (SSSR count). The molecule has 1 aromatic heterocycles. The third kappa shape index (κ3) is 2.61. The van der Waals surface area contributed by atoms with Crippen LogP contribution in [-0.2, 0) is 0 Å². The van der Waals surface area contributed by atoms with Gasteiger partial charge >= 0.3 is 0 Å². The number of nitrogens with zero attached hydrogens (tertiary/aromatic N) is 4. The molecule has 0 aliphatic carbocycles. The van der Waals surface area contributed by atoms with Crippen molar-refractivity contribution >= 4 is 5.91 Å². The first-order chi connectivity index (χ1) is 6.96. The van der Waals surface area contributed by atoms with Gasteiger partial charge in [-0.1, -0.05) is 6.08 Å². The molecule has 1 heterocycles. The molecule has 0 spiro atoms. The highest BCUT2D eigenvalue weighted by Gasteiger charge is 2.28. The van der Waals surface area contributed by atoms with Crippen LogP contribution in [0.1, 0.15) is 31.4 Å². The molecule has 0 aliphatic rings. The van der Waals surface area contributed by atoms with Crippen LogP contribution in [0.4, 0.5) is 0 Å². The monoisotopic (exact) mass is 209 g/mol. The number of aromatic amines is 1. The van der Waals surface area contributed by atoms with E-state index in [9.17, 15) is 4.79 Å². The quantitative estimate of drug-likeness (QED) is 0.741. The fourth-order valence-corrected chi connectivity index (χ4v) is 1.16. The summed E-state index contributed by atoms with van der Waals surface area (Å²) in [7, 11) is 0. The summed E-state index contributed by atoms with van der Waals surface area (Å²) in [4.78, 5) is 13.6. The Morgan fingerprint density at radius 3 is 2.67 bits per heavy atom. The Labute approximate surface area is 88.4 Å². The van der Waals surface area contributed by atoms with Crippen molar-refractivity contribution in [1.29, 1.82) is 0 Å². The van der Waals surface area contributed by atoms with Crippen LogP contribution in [0.2, 0.25) is 0 Å². The number of H-pyrrole nitrogens is 1. The third-order valence-electron chi connectivity index (χ3n) is 1.90. The minimum atomic E-state index is -0.300. The van der Waals surface area contributed by atoms with Crippen LogP contribution in [0, 0.1) is 0 Å². The standard InChI is InChI=1S/C9H15N5O/c1-5-6-14(9(2,3)4)8(15)7-10-12-13-11-7/h5H,1,6H2,2-4H3,(H,10,11,12,13). The summed E-state index contributed by atoms with van der Waals surface area (Å²) < 4.78 is 0. The van der Waals surface area contributed by atoms with Crippen molar-refractivity contribution in [1.82, 2.24) is 25.5 Å². The molecule has 0 unspecified atom stereocenters. The molecule has 0 aromatic carbocycles. The number of carbonyl (C=O) groups is 1. The Morgan fingerprint density at radius 1 is 1.60 bits per heavy atom. The topological polar surface area (TPSA) is 74.8 Å². The van der Waals surface area contributed by atoms with Gasteiger partial charge in [0, 0.05) is 12.1 Å². The maximum atomic E-state index is 11.9. The summed E-state index contributed by atoms with van der Waals surface area (Å²) in [6, 6.07) is 0. The Kier molecular flexibility index (Phi) is 3.18. The molecular weight excluding hydrogens is 194 g/mol. The van der Waals surface area contributed by atoms with Gasteiger partial charge in [0.05, 0.1) is 0 Å². The van der Waals surface area contributed by atoms with Crippen LogP contribution < -0.4 is 0 Å². The fraction of sp³-hybridized carbons (Fsp3) is 0.556. The molecule has 6 nitrogen and oxygen atoms in total. The van der Waals surface area contributed by atoms with Gasteiger partial charge in [0.1, 0.15) is 0 Å². The number of hydrogen-bond donors (Lipinski definition) is 1. The zero-order valence-corrected chi connectivity index (χ0v) is 9.19. The Bertz CT molecular complexity index is 338. The molecule has 1 aromatic rings. The molecule has 0 saturated carbocycles. The van der Waals surface area contributed by atoms with Gasteiger partial charge < -0.3 is 4.90 Å². The molecule has 6 heteroatoms. The minimum Gasteiger partial charge on any atom is -0.327 e. The lowest BCUT2D eigenvalue weighted by Crippen LogP contribution is -2.46. The molecule has 0 bridgehead atoms. The van der Waals surface area contributed by atoms with Crippen LogP contribution in [0.3, 0.4) is 0 Å². The summed E-state index contributed by atoms with van der Waals surface area (Å²) in [6.07, 6.45) is 1.67. The Balaban J connectivity index is 2.91. The molecule has 82 valence electrons. The second kappa shape index (κ2) is 4.20. The van der Waals surface area contributed by atoms with E-state index in [1.54, 1.807) is 11.0 Å². The molecule has 1 N–H and O–H groups in total.